The Kier molecular flexibility index (Phi) is 6.25. The normalized spacial score (nSPS) is 13.3. The summed E-state index contributed by atoms with van der Waals surface area (Å²) in [5.41, 5.74) is 6.83. The molecule has 18 heavy (non-hydrogen) atoms. The van der Waals surface area contributed by atoms with Crippen molar-refractivity contribution in [3.63, 3.8) is 0 Å². The molecule has 1 rings (SSSR count). The van der Waals surface area contributed by atoms with Gasteiger partial charge in [-0.3, -0.25) is 4.90 Å². The highest BCUT2D eigenvalue weighted by molar-refractivity contribution is 5.20. The van der Waals surface area contributed by atoms with Crippen LogP contribution >= 0.6 is 0 Å². The number of rotatable bonds is 7. The van der Waals surface area contributed by atoms with Crippen LogP contribution < -0.4 is 5.73 Å². The molecule has 102 valence electrons. The Morgan fingerprint density at radius 1 is 1.28 bits per heavy atom. The van der Waals surface area contributed by atoms with E-state index in [9.17, 15) is 4.39 Å². The van der Waals surface area contributed by atoms with Gasteiger partial charge in [0.25, 0.3) is 0 Å². The standard InChI is InChI=1S/C14H23FN2O/c1-11(2)18-9-8-17(3)14(10-16)12-4-6-13(15)7-5-12/h4-7,11,14H,8-10,16H2,1-3H3. The fourth-order valence-corrected chi connectivity index (χ4v) is 1.84. The highest BCUT2D eigenvalue weighted by atomic mass is 19.1. The quantitative estimate of drug-likeness (QED) is 0.810. The van der Waals surface area contributed by atoms with Gasteiger partial charge in [0.1, 0.15) is 5.82 Å². The summed E-state index contributed by atoms with van der Waals surface area (Å²) in [6.07, 6.45) is 0.237. The van der Waals surface area contributed by atoms with E-state index in [4.69, 9.17) is 10.5 Å². The van der Waals surface area contributed by atoms with Gasteiger partial charge < -0.3 is 10.5 Å². The number of benzene rings is 1. The molecular weight excluding hydrogens is 231 g/mol. The van der Waals surface area contributed by atoms with Crippen LogP contribution in [0, 0.1) is 5.82 Å². The van der Waals surface area contributed by atoms with Gasteiger partial charge in [-0.1, -0.05) is 12.1 Å². The van der Waals surface area contributed by atoms with Gasteiger partial charge in [0, 0.05) is 19.1 Å². The highest BCUT2D eigenvalue weighted by Crippen LogP contribution is 2.18. The Hall–Kier alpha value is -0.970. The van der Waals surface area contributed by atoms with E-state index >= 15 is 0 Å². The second kappa shape index (κ2) is 7.46. The van der Waals surface area contributed by atoms with Crippen LogP contribution in [0.15, 0.2) is 24.3 Å². The van der Waals surface area contributed by atoms with Crippen LogP contribution in [0.3, 0.4) is 0 Å². The fraction of sp³-hybridized carbons (Fsp3) is 0.571. The van der Waals surface area contributed by atoms with Crippen molar-refractivity contribution in [3.05, 3.63) is 35.6 Å². The third kappa shape index (κ3) is 4.72. The summed E-state index contributed by atoms with van der Waals surface area (Å²) in [4.78, 5) is 2.13. The molecule has 0 saturated heterocycles. The van der Waals surface area contributed by atoms with Crippen LogP contribution in [0.25, 0.3) is 0 Å². The molecule has 0 aliphatic carbocycles. The smallest absolute Gasteiger partial charge is 0.123 e. The Bertz CT molecular complexity index is 340. The Morgan fingerprint density at radius 2 is 1.89 bits per heavy atom. The molecule has 1 unspecified atom stereocenters. The zero-order valence-corrected chi connectivity index (χ0v) is 11.4. The summed E-state index contributed by atoms with van der Waals surface area (Å²) in [5.74, 6) is -0.222. The van der Waals surface area contributed by atoms with Gasteiger partial charge in [-0.2, -0.15) is 0 Å². The number of halogens is 1. The van der Waals surface area contributed by atoms with E-state index in [0.717, 1.165) is 12.1 Å². The van der Waals surface area contributed by atoms with Crippen molar-refractivity contribution in [1.29, 1.82) is 0 Å². The summed E-state index contributed by atoms with van der Waals surface area (Å²) in [6.45, 7) is 6.01. The average molecular weight is 254 g/mol. The maximum absolute atomic E-state index is 12.9. The SMILES string of the molecule is CC(C)OCCN(C)C(CN)c1ccc(F)cc1. The zero-order chi connectivity index (χ0) is 13.5. The second-order valence-corrected chi connectivity index (χ2v) is 4.70. The van der Waals surface area contributed by atoms with E-state index < -0.39 is 0 Å². The lowest BCUT2D eigenvalue weighted by Gasteiger charge is -2.27. The first-order chi connectivity index (χ1) is 8.54. The molecule has 0 radical (unpaired) electrons. The molecule has 0 amide bonds. The predicted octanol–water partition coefficient (Wildman–Crippen LogP) is 2.18. The molecule has 0 fully saturated rings. The van der Waals surface area contributed by atoms with Crippen LogP contribution in [0.5, 0.6) is 0 Å². The second-order valence-electron chi connectivity index (χ2n) is 4.70. The van der Waals surface area contributed by atoms with Crippen LogP contribution in [0.1, 0.15) is 25.5 Å². The maximum Gasteiger partial charge on any atom is 0.123 e. The Balaban J connectivity index is 2.56. The van der Waals surface area contributed by atoms with Gasteiger partial charge in [0.05, 0.1) is 12.7 Å². The number of hydrogen-bond acceptors (Lipinski definition) is 3. The van der Waals surface area contributed by atoms with Gasteiger partial charge in [-0.15, -0.1) is 0 Å². The summed E-state index contributed by atoms with van der Waals surface area (Å²) in [6, 6.07) is 6.60. The molecule has 1 aromatic rings. The lowest BCUT2D eigenvalue weighted by molar-refractivity contribution is 0.0564. The van der Waals surface area contributed by atoms with Crippen molar-refractivity contribution in [1.82, 2.24) is 4.90 Å². The van der Waals surface area contributed by atoms with Gasteiger partial charge in [-0.05, 0) is 38.6 Å². The van der Waals surface area contributed by atoms with Crippen molar-refractivity contribution in [2.45, 2.75) is 26.0 Å². The van der Waals surface area contributed by atoms with Gasteiger partial charge in [-0.25, -0.2) is 4.39 Å². The van der Waals surface area contributed by atoms with Crippen molar-refractivity contribution in [3.8, 4) is 0 Å². The van der Waals surface area contributed by atoms with E-state index in [2.05, 4.69) is 4.90 Å². The van der Waals surface area contributed by atoms with E-state index in [1.165, 1.54) is 12.1 Å². The zero-order valence-electron chi connectivity index (χ0n) is 11.4. The Labute approximate surface area is 109 Å². The number of ether oxygens (including phenoxy) is 1. The molecule has 0 bridgehead atoms. The number of hydrogen-bond donors (Lipinski definition) is 1. The molecule has 3 nitrogen and oxygen atoms in total. The van der Waals surface area contributed by atoms with Crippen LogP contribution in [-0.2, 0) is 4.74 Å². The fourth-order valence-electron chi connectivity index (χ4n) is 1.84. The van der Waals surface area contributed by atoms with Gasteiger partial charge in [0.15, 0.2) is 0 Å². The van der Waals surface area contributed by atoms with Gasteiger partial charge >= 0.3 is 0 Å². The summed E-state index contributed by atoms with van der Waals surface area (Å²) in [7, 11) is 2.00. The number of nitrogens with two attached hydrogens (primary N) is 1. The maximum atomic E-state index is 12.9. The van der Waals surface area contributed by atoms with E-state index in [1.54, 1.807) is 12.1 Å². The third-order valence-corrected chi connectivity index (χ3v) is 2.91. The van der Waals surface area contributed by atoms with Crippen molar-refractivity contribution in [2.75, 3.05) is 26.7 Å². The van der Waals surface area contributed by atoms with Crippen LogP contribution in [0.4, 0.5) is 4.39 Å². The predicted molar refractivity (Wildman–Crippen MR) is 71.9 cm³/mol. The minimum Gasteiger partial charge on any atom is -0.377 e. The summed E-state index contributed by atoms with van der Waals surface area (Å²) < 4.78 is 18.4. The average Bonchev–Trinajstić information content (AvgIpc) is 2.32. The molecule has 1 aromatic carbocycles. The van der Waals surface area contributed by atoms with E-state index in [-0.39, 0.29) is 18.0 Å². The first-order valence-electron chi connectivity index (χ1n) is 6.32. The molecule has 1 atom stereocenters. The molecule has 0 spiro atoms. The number of likely N-dealkylation sites (N-methyl/N-ethyl adjacent to an activating group) is 1. The molecule has 0 heterocycles. The molecular formula is C14H23FN2O. The first-order valence-corrected chi connectivity index (χ1v) is 6.32. The van der Waals surface area contributed by atoms with Crippen LogP contribution in [-0.4, -0.2) is 37.7 Å². The van der Waals surface area contributed by atoms with Crippen molar-refractivity contribution in [2.24, 2.45) is 5.73 Å². The minimum absolute atomic E-state index is 0.0985. The minimum atomic E-state index is -0.222. The number of nitrogens with zero attached hydrogens (tertiary/aromatic N) is 1. The largest absolute Gasteiger partial charge is 0.377 e. The monoisotopic (exact) mass is 254 g/mol. The van der Waals surface area contributed by atoms with Crippen LogP contribution in [0.2, 0.25) is 0 Å². The highest BCUT2D eigenvalue weighted by Gasteiger charge is 2.15. The molecule has 0 saturated carbocycles. The molecule has 0 aliphatic rings. The topological polar surface area (TPSA) is 38.5 Å². The molecule has 0 aliphatic heterocycles. The lowest BCUT2D eigenvalue weighted by atomic mass is 10.1. The Morgan fingerprint density at radius 3 is 2.39 bits per heavy atom. The lowest BCUT2D eigenvalue weighted by Crippen LogP contribution is -2.33. The van der Waals surface area contributed by atoms with Crippen molar-refractivity contribution >= 4 is 0 Å². The molecule has 2 N–H and O–H groups in total. The van der Waals surface area contributed by atoms with E-state index in [0.29, 0.717) is 13.2 Å². The summed E-state index contributed by atoms with van der Waals surface area (Å²) in [5, 5.41) is 0. The molecule has 4 heteroatoms. The van der Waals surface area contributed by atoms with Crippen molar-refractivity contribution < 1.29 is 9.13 Å². The van der Waals surface area contributed by atoms with E-state index in [1.807, 2.05) is 20.9 Å². The third-order valence-electron chi connectivity index (χ3n) is 2.91. The first kappa shape index (κ1) is 15.1. The molecule has 0 aromatic heterocycles. The summed E-state index contributed by atoms with van der Waals surface area (Å²) >= 11 is 0. The van der Waals surface area contributed by atoms with Gasteiger partial charge in [0.2, 0.25) is 0 Å².